The van der Waals surface area contributed by atoms with Gasteiger partial charge in [-0.1, -0.05) is 39.5 Å². The van der Waals surface area contributed by atoms with Crippen LogP contribution in [0.1, 0.15) is 46.5 Å². The first kappa shape index (κ1) is 15.6. The van der Waals surface area contributed by atoms with Crippen LogP contribution in [-0.4, -0.2) is 16.4 Å². The second kappa shape index (κ2) is 10.2. The number of unbranched alkanes of at least 4 members (excludes halogenated alkanes) is 3. The van der Waals surface area contributed by atoms with Gasteiger partial charge in [-0.3, -0.25) is 4.52 Å². The van der Waals surface area contributed by atoms with E-state index in [1.165, 1.54) is 32.6 Å². The summed E-state index contributed by atoms with van der Waals surface area (Å²) in [5.41, 5.74) is 0. The minimum Gasteiger partial charge on any atom is -0.303 e. The predicted octanol–water partition coefficient (Wildman–Crippen LogP) is 2.70. The highest BCUT2D eigenvalue weighted by Gasteiger charge is 2.10. The summed E-state index contributed by atoms with van der Waals surface area (Å²) in [6, 6.07) is 0. The zero-order valence-electron chi connectivity index (χ0n) is 8.69. The first-order valence-electron chi connectivity index (χ1n) is 4.68. The Balaban J connectivity index is 0. The Kier molecular flexibility index (Phi) is 12.2. The van der Waals surface area contributed by atoms with Crippen LogP contribution in [0.2, 0.25) is 0 Å². The van der Waals surface area contributed by atoms with E-state index in [1.54, 1.807) is 0 Å². The third-order valence-corrected chi connectivity index (χ3v) is 1.85. The smallest absolute Gasteiger partial charge is 0.303 e. The van der Waals surface area contributed by atoms with Crippen molar-refractivity contribution < 1.29 is 18.9 Å². The Hall–Kier alpha value is 0.110. The summed E-state index contributed by atoms with van der Waals surface area (Å²) in [6.45, 7) is 6.02. The number of hydrogen-bond donors (Lipinski definition) is 2. The summed E-state index contributed by atoms with van der Waals surface area (Å²) in [6.07, 6.45) is 5.54. The topological polar surface area (TPSA) is 66.8 Å². The molecular formula is C8H21O4P. The van der Waals surface area contributed by atoms with Crippen molar-refractivity contribution in [3.63, 3.8) is 0 Å². The van der Waals surface area contributed by atoms with E-state index in [0.29, 0.717) is 0 Å². The molecule has 0 aliphatic rings. The van der Waals surface area contributed by atoms with Crippen LogP contribution in [0.15, 0.2) is 0 Å². The Morgan fingerprint density at radius 2 is 1.46 bits per heavy atom. The SMILES string of the molecule is CCCCCC.CCOP(=O)(O)O. The quantitative estimate of drug-likeness (QED) is 0.543. The third-order valence-electron chi connectivity index (χ3n) is 1.25. The van der Waals surface area contributed by atoms with E-state index in [1.807, 2.05) is 0 Å². The fourth-order valence-corrected chi connectivity index (χ4v) is 1.00. The molecule has 4 nitrogen and oxygen atoms in total. The molecule has 0 saturated heterocycles. The van der Waals surface area contributed by atoms with Crippen LogP contribution in [0.3, 0.4) is 0 Å². The largest absolute Gasteiger partial charge is 0.469 e. The van der Waals surface area contributed by atoms with Crippen molar-refractivity contribution in [1.29, 1.82) is 0 Å². The lowest BCUT2D eigenvalue weighted by molar-refractivity contribution is 0.206. The van der Waals surface area contributed by atoms with Crippen molar-refractivity contribution >= 4 is 7.82 Å². The van der Waals surface area contributed by atoms with E-state index < -0.39 is 7.82 Å². The molecule has 0 unspecified atom stereocenters. The van der Waals surface area contributed by atoms with E-state index >= 15 is 0 Å². The summed E-state index contributed by atoms with van der Waals surface area (Å²) in [5, 5.41) is 0. The lowest BCUT2D eigenvalue weighted by atomic mass is 10.2. The van der Waals surface area contributed by atoms with Gasteiger partial charge in [0.1, 0.15) is 0 Å². The standard InChI is InChI=1S/C6H14.C2H7O4P/c1-3-5-6-4-2;1-2-6-7(3,4)5/h3-6H2,1-2H3;2H2,1H3,(H2,3,4,5). The minimum absolute atomic E-state index is 0.0459. The van der Waals surface area contributed by atoms with E-state index in [0.717, 1.165) is 0 Å². The molecule has 0 heterocycles. The maximum absolute atomic E-state index is 9.70. The van der Waals surface area contributed by atoms with Crippen molar-refractivity contribution in [1.82, 2.24) is 0 Å². The molecule has 0 radical (unpaired) electrons. The van der Waals surface area contributed by atoms with Gasteiger partial charge in [0.05, 0.1) is 6.61 Å². The molecule has 0 saturated carbocycles. The summed E-state index contributed by atoms with van der Waals surface area (Å²) in [7, 11) is -4.17. The Morgan fingerprint density at radius 1 is 1.08 bits per heavy atom. The number of phosphoric acid groups is 1. The first-order valence-corrected chi connectivity index (χ1v) is 6.21. The molecule has 0 atom stereocenters. The van der Waals surface area contributed by atoms with Gasteiger partial charge in [-0.15, -0.1) is 0 Å². The highest BCUT2D eigenvalue weighted by molar-refractivity contribution is 7.46. The number of rotatable bonds is 5. The number of phosphoric ester groups is 1. The van der Waals surface area contributed by atoms with Crippen molar-refractivity contribution in [2.24, 2.45) is 0 Å². The van der Waals surface area contributed by atoms with Crippen LogP contribution in [0, 0.1) is 0 Å². The molecule has 0 aromatic heterocycles. The zero-order chi connectivity index (χ0) is 10.7. The van der Waals surface area contributed by atoms with Crippen LogP contribution in [0.5, 0.6) is 0 Å². The first-order chi connectivity index (χ1) is 5.97. The molecule has 2 N–H and O–H groups in total. The zero-order valence-corrected chi connectivity index (χ0v) is 9.59. The van der Waals surface area contributed by atoms with Gasteiger partial charge in [0, 0.05) is 0 Å². The molecule has 0 rings (SSSR count). The molecule has 0 spiro atoms. The van der Waals surface area contributed by atoms with Gasteiger partial charge in [0.15, 0.2) is 0 Å². The Labute approximate surface area is 80.6 Å². The summed E-state index contributed by atoms with van der Waals surface area (Å²) < 4.78 is 13.6. The molecule has 0 bridgehead atoms. The van der Waals surface area contributed by atoms with E-state index in [4.69, 9.17) is 9.79 Å². The summed E-state index contributed by atoms with van der Waals surface area (Å²) in [5.74, 6) is 0. The van der Waals surface area contributed by atoms with Gasteiger partial charge >= 0.3 is 7.82 Å². The predicted molar refractivity (Wildman–Crippen MR) is 53.5 cm³/mol. The van der Waals surface area contributed by atoms with Crippen molar-refractivity contribution in [2.75, 3.05) is 6.61 Å². The molecule has 0 amide bonds. The van der Waals surface area contributed by atoms with Crippen LogP contribution < -0.4 is 0 Å². The second-order valence-electron chi connectivity index (χ2n) is 2.62. The lowest BCUT2D eigenvalue weighted by Gasteiger charge is -1.98. The highest BCUT2D eigenvalue weighted by atomic mass is 31.2. The van der Waals surface area contributed by atoms with Crippen LogP contribution in [0.4, 0.5) is 0 Å². The fraction of sp³-hybridized carbons (Fsp3) is 1.00. The molecule has 13 heavy (non-hydrogen) atoms. The molecular weight excluding hydrogens is 191 g/mol. The summed E-state index contributed by atoms with van der Waals surface area (Å²) in [4.78, 5) is 15.8. The molecule has 82 valence electrons. The molecule has 0 aliphatic carbocycles. The molecule has 0 aromatic rings. The maximum Gasteiger partial charge on any atom is 0.469 e. The molecule has 0 aliphatic heterocycles. The van der Waals surface area contributed by atoms with E-state index in [9.17, 15) is 4.57 Å². The van der Waals surface area contributed by atoms with Gasteiger partial charge in [-0.05, 0) is 6.92 Å². The maximum atomic E-state index is 9.70. The van der Waals surface area contributed by atoms with E-state index in [-0.39, 0.29) is 6.61 Å². The van der Waals surface area contributed by atoms with Gasteiger partial charge < -0.3 is 9.79 Å². The molecule has 0 fully saturated rings. The monoisotopic (exact) mass is 212 g/mol. The Morgan fingerprint density at radius 3 is 1.54 bits per heavy atom. The minimum atomic E-state index is -4.17. The van der Waals surface area contributed by atoms with Crippen molar-refractivity contribution in [3.05, 3.63) is 0 Å². The van der Waals surface area contributed by atoms with Crippen LogP contribution >= 0.6 is 7.82 Å². The highest BCUT2D eigenvalue weighted by Crippen LogP contribution is 2.34. The molecule has 0 aromatic carbocycles. The van der Waals surface area contributed by atoms with Crippen LogP contribution in [-0.2, 0) is 9.09 Å². The van der Waals surface area contributed by atoms with Crippen molar-refractivity contribution in [2.45, 2.75) is 46.5 Å². The van der Waals surface area contributed by atoms with Crippen molar-refractivity contribution in [3.8, 4) is 0 Å². The fourth-order valence-electron chi connectivity index (χ4n) is 0.668. The van der Waals surface area contributed by atoms with Gasteiger partial charge in [-0.25, -0.2) is 4.57 Å². The number of hydrogen-bond acceptors (Lipinski definition) is 2. The van der Waals surface area contributed by atoms with Gasteiger partial charge in [0.2, 0.25) is 0 Å². The van der Waals surface area contributed by atoms with E-state index in [2.05, 4.69) is 18.4 Å². The van der Waals surface area contributed by atoms with Gasteiger partial charge in [0.25, 0.3) is 0 Å². The summed E-state index contributed by atoms with van der Waals surface area (Å²) >= 11 is 0. The normalized spacial score (nSPS) is 10.5. The average molecular weight is 212 g/mol. The third kappa shape index (κ3) is 24.5. The van der Waals surface area contributed by atoms with Crippen LogP contribution in [0.25, 0.3) is 0 Å². The molecule has 5 heteroatoms. The Bertz CT molecular complexity index is 128. The lowest BCUT2D eigenvalue weighted by Crippen LogP contribution is -1.84. The van der Waals surface area contributed by atoms with Gasteiger partial charge in [-0.2, -0.15) is 0 Å². The second-order valence-corrected chi connectivity index (χ2v) is 3.85. The average Bonchev–Trinajstić information content (AvgIpc) is 1.99.